The Labute approximate surface area is 153 Å². The molecular formula is C18H25IOSSi. The van der Waals surface area contributed by atoms with Crippen molar-refractivity contribution in [2.45, 2.75) is 51.4 Å². The summed E-state index contributed by atoms with van der Waals surface area (Å²) < 4.78 is 10.0. The summed E-state index contributed by atoms with van der Waals surface area (Å²) in [5, 5.41) is 1.58. The van der Waals surface area contributed by atoms with Crippen molar-refractivity contribution in [2.24, 2.45) is 0 Å². The van der Waals surface area contributed by atoms with E-state index in [4.69, 9.17) is 4.43 Å². The molecule has 1 aromatic heterocycles. The lowest BCUT2D eigenvalue weighted by atomic mass is 10.2. The van der Waals surface area contributed by atoms with E-state index in [0.717, 1.165) is 6.42 Å². The predicted octanol–water partition coefficient (Wildman–Crippen LogP) is 6.78. The van der Waals surface area contributed by atoms with Crippen LogP contribution < -0.4 is 0 Å². The summed E-state index contributed by atoms with van der Waals surface area (Å²) in [7, 11) is -1.75. The first-order chi connectivity index (χ1) is 10.2. The molecule has 0 unspecified atom stereocenters. The van der Waals surface area contributed by atoms with Crippen LogP contribution in [0.15, 0.2) is 40.5 Å². The summed E-state index contributed by atoms with van der Waals surface area (Å²) >= 11 is 4.17. The average molecular weight is 444 g/mol. The number of rotatable bonds is 5. The van der Waals surface area contributed by atoms with E-state index >= 15 is 0 Å². The minimum absolute atomic E-state index is 0.172. The van der Waals surface area contributed by atoms with Crippen molar-refractivity contribution in [3.63, 3.8) is 0 Å². The smallest absolute Gasteiger partial charge is 0.192 e. The molecule has 2 rings (SSSR count). The maximum absolute atomic E-state index is 6.60. The number of hydrogen-bond acceptors (Lipinski definition) is 2. The van der Waals surface area contributed by atoms with Crippen molar-refractivity contribution >= 4 is 52.3 Å². The first kappa shape index (κ1) is 18.2. The van der Waals surface area contributed by atoms with E-state index < -0.39 is 8.32 Å². The molecule has 1 nitrogen and oxygen atoms in total. The third-order valence-electron chi connectivity index (χ3n) is 4.42. The highest BCUT2D eigenvalue weighted by Crippen LogP contribution is 2.38. The van der Waals surface area contributed by atoms with Crippen LogP contribution in [0.5, 0.6) is 0 Å². The molecule has 0 spiro atoms. The van der Waals surface area contributed by atoms with E-state index in [1.807, 2.05) is 11.3 Å². The van der Waals surface area contributed by atoms with E-state index in [2.05, 4.69) is 96.9 Å². The molecular weight excluding hydrogens is 419 g/mol. The Hall–Kier alpha value is -0.173. The quantitative estimate of drug-likeness (QED) is 0.365. The standard InChI is InChI=1S/C18H25IOSSi/c1-18(2,3)22(4,5)20-15(10-11-19)13-16-12-14-8-6-7-9-17(14)21-16/h6-12,15H,13H2,1-5H3/t15-/m1/s1. The molecule has 0 aliphatic rings. The summed E-state index contributed by atoms with van der Waals surface area (Å²) in [6.07, 6.45) is 3.34. The lowest BCUT2D eigenvalue weighted by Crippen LogP contribution is -2.44. The summed E-state index contributed by atoms with van der Waals surface area (Å²) in [6.45, 7) is 11.5. The molecule has 0 N–H and O–H groups in total. The largest absolute Gasteiger partial charge is 0.410 e. The van der Waals surface area contributed by atoms with Crippen LogP contribution in [0.1, 0.15) is 25.6 Å². The van der Waals surface area contributed by atoms with E-state index in [1.54, 1.807) is 0 Å². The predicted molar refractivity (Wildman–Crippen MR) is 111 cm³/mol. The van der Waals surface area contributed by atoms with Crippen LogP contribution in [-0.2, 0) is 10.8 Å². The Balaban J connectivity index is 2.18. The fourth-order valence-corrected chi connectivity index (χ4v) is 4.96. The topological polar surface area (TPSA) is 9.23 Å². The highest BCUT2D eigenvalue weighted by atomic mass is 127. The summed E-state index contributed by atoms with van der Waals surface area (Å²) in [5.74, 6) is 0. The first-order valence-corrected chi connectivity index (χ1v) is 12.6. The second kappa shape index (κ2) is 7.15. The summed E-state index contributed by atoms with van der Waals surface area (Å²) in [4.78, 5) is 1.40. The molecule has 1 heterocycles. The molecule has 0 radical (unpaired) electrons. The fourth-order valence-electron chi connectivity index (χ4n) is 2.12. The molecule has 4 heteroatoms. The molecule has 0 amide bonds. The van der Waals surface area contributed by atoms with Gasteiger partial charge in [-0.15, -0.1) is 11.3 Å². The Bertz CT molecular complexity index is 621. The van der Waals surface area contributed by atoms with E-state index in [-0.39, 0.29) is 11.1 Å². The third kappa shape index (κ3) is 4.43. The van der Waals surface area contributed by atoms with Gasteiger partial charge in [-0.3, -0.25) is 0 Å². The second-order valence-corrected chi connectivity index (χ2v) is 13.8. The molecule has 1 aromatic carbocycles. The minimum atomic E-state index is -1.75. The molecule has 2 aromatic rings. The molecule has 0 saturated carbocycles. The van der Waals surface area contributed by atoms with E-state index in [1.165, 1.54) is 15.0 Å². The molecule has 1 atom stereocenters. The van der Waals surface area contributed by atoms with Gasteiger partial charge in [0.15, 0.2) is 8.32 Å². The van der Waals surface area contributed by atoms with Gasteiger partial charge in [0.25, 0.3) is 0 Å². The SMILES string of the molecule is CC(C)(C)[Si](C)(C)O[C@H](C=CI)Cc1cc2ccccc2s1. The molecule has 0 bridgehead atoms. The molecule has 22 heavy (non-hydrogen) atoms. The first-order valence-electron chi connectivity index (χ1n) is 7.65. The zero-order valence-electron chi connectivity index (χ0n) is 14.0. The average Bonchev–Trinajstić information content (AvgIpc) is 2.79. The van der Waals surface area contributed by atoms with Gasteiger partial charge < -0.3 is 4.43 Å². The van der Waals surface area contributed by atoms with Gasteiger partial charge in [-0.25, -0.2) is 0 Å². The fraction of sp³-hybridized carbons (Fsp3) is 0.444. The molecule has 0 aliphatic heterocycles. The van der Waals surface area contributed by atoms with Crippen LogP contribution in [0, 0.1) is 0 Å². The maximum Gasteiger partial charge on any atom is 0.192 e. The van der Waals surface area contributed by atoms with Crippen molar-refractivity contribution in [1.82, 2.24) is 0 Å². The van der Waals surface area contributed by atoms with Crippen LogP contribution >= 0.6 is 33.9 Å². The Morgan fingerprint density at radius 2 is 1.95 bits per heavy atom. The minimum Gasteiger partial charge on any atom is -0.410 e. The van der Waals surface area contributed by atoms with Gasteiger partial charge in [-0.05, 0) is 39.7 Å². The lowest BCUT2D eigenvalue weighted by molar-refractivity contribution is 0.226. The van der Waals surface area contributed by atoms with Gasteiger partial charge in [0.1, 0.15) is 0 Å². The lowest BCUT2D eigenvalue weighted by Gasteiger charge is -2.38. The van der Waals surface area contributed by atoms with Crippen LogP contribution in [0.3, 0.4) is 0 Å². The zero-order chi connectivity index (χ0) is 16.4. The maximum atomic E-state index is 6.60. The van der Waals surface area contributed by atoms with Gasteiger partial charge in [0.05, 0.1) is 6.10 Å². The molecule has 0 aliphatic carbocycles. The Morgan fingerprint density at radius 1 is 1.27 bits per heavy atom. The van der Waals surface area contributed by atoms with Gasteiger partial charge in [-0.1, -0.05) is 67.6 Å². The molecule has 0 saturated heterocycles. The Morgan fingerprint density at radius 3 is 2.55 bits per heavy atom. The van der Waals surface area contributed by atoms with Gasteiger partial charge in [0, 0.05) is 16.0 Å². The van der Waals surface area contributed by atoms with Gasteiger partial charge in [0.2, 0.25) is 0 Å². The van der Waals surface area contributed by atoms with Crippen LogP contribution in [0.25, 0.3) is 10.1 Å². The normalized spacial score (nSPS) is 14.8. The zero-order valence-corrected chi connectivity index (χ0v) is 18.0. The number of fused-ring (bicyclic) bond motifs is 1. The highest BCUT2D eigenvalue weighted by Gasteiger charge is 2.38. The van der Waals surface area contributed by atoms with Crippen LogP contribution in [0.2, 0.25) is 18.1 Å². The number of halogens is 1. The van der Waals surface area contributed by atoms with Gasteiger partial charge >= 0.3 is 0 Å². The van der Waals surface area contributed by atoms with Crippen LogP contribution in [-0.4, -0.2) is 14.4 Å². The second-order valence-electron chi connectivity index (χ2n) is 7.19. The van der Waals surface area contributed by atoms with Crippen molar-refractivity contribution in [3.05, 3.63) is 45.4 Å². The van der Waals surface area contributed by atoms with E-state index in [0.29, 0.717) is 0 Å². The third-order valence-corrected chi connectivity index (χ3v) is 10.5. The summed E-state index contributed by atoms with van der Waals surface area (Å²) in [5.41, 5.74) is 0. The van der Waals surface area contributed by atoms with Crippen molar-refractivity contribution in [1.29, 1.82) is 0 Å². The number of benzene rings is 1. The number of thiophene rings is 1. The number of hydrogen-bond donors (Lipinski definition) is 0. The molecule has 0 fully saturated rings. The van der Waals surface area contributed by atoms with Crippen molar-refractivity contribution < 1.29 is 4.43 Å². The monoisotopic (exact) mass is 444 g/mol. The molecule has 120 valence electrons. The van der Waals surface area contributed by atoms with Crippen LogP contribution in [0.4, 0.5) is 0 Å². The highest BCUT2D eigenvalue weighted by molar-refractivity contribution is 14.1. The van der Waals surface area contributed by atoms with Gasteiger partial charge in [-0.2, -0.15) is 0 Å². The Kier molecular flexibility index (Phi) is 5.91. The summed E-state index contributed by atoms with van der Waals surface area (Å²) in [6, 6.07) is 10.9. The van der Waals surface area contributed by atoms with Crippen molar-refractivity contribution in [2.75, 3.05) is 0 Å². The van der Waals surface area contributed by atoms with Crippen molar-refractivity contribution in [3.8, 4) is 0 Å². The van der Waals surface area contributed by atoms with E-state index in [9.17, 15) is 0 Å².